The van der Waals surface area contributed by atoms with Gasteiger partial charge in [-0.05, 0) is 42.8 Å². The number of hydrogen-bond acceptors (Lipinski definition) is 2. The lowest BCUT2D eigenvalue weighted by Crippen LogP contribution is -2.40. The average molecular weight is 303 g/mol. The largest absolute Gasteiger partial charge is 0.311 e. The zero-order valence-electron chi connectivity index (χ0n) is 10.6. The second kappa shape index (κ2) is 6.47. The van der Waals surface area contributed by atoms with Crippen molar-refractivity contribution in [2.24, 2.45) is 0 Å². The number of hydrogen-bond donors (Lipinski definition) is 2. The summed E-state index contributed by atoms with van der Waals surface area (Å²) in [6.45, 7) is 8.63. The Bertz CT molecular complexity index is 361. The van der Waals surface area contributed by atoms with Gasteiger partial charge in [-0.3, -0.25) is 0 Å². The molecule has 1 rings (SSSR count). The van der Waals surface area contributed by atoms with Crippen LogP contribution in [-0.4, -0.2) is 18.6 Å². The molecule has 0 atom stereocenters. The summed E-state index contributed by atoms with van der Waals surface area (Å²) >= 11 is 3.18. The van der Waals surface area contributed by atoms with Gasteiger partial charge >= 0.3 is 0 Å². The van der Waals surface area contributed by atoms with Gasteiger partial charge in [0.2, 0.25) is 0 Å². The molecule has 4 heteroatoms. The Hall–Kier alpha value is -0.450. The Balaban J connectivity index is 2.29. The molecule has 2 N–H and O–H groups in total. The fourth-order valence-electron chi connectivity index (χ4n) is 1.43. The monoisotopic (exact) mass is 302 g/mol. The first-order valence-corrected chi connectivity index (χ1v) is 6.58. The molecule has 0 heterocycles. The quantitative estimate of drug-likeness (QED) is 0.817. The summed E-state index contributed by atoms with van der Waals surface area (Å²) in [6, 6.07) is 5.35. The molecule has 0 unspecified atom stereocenters. The standard InChI is InChI=1S/C13H20BrFN2/c1-13(2,3)17-8-7-16-9-10-5-4-6-11(14)12(10)15/h4-6,16-17H,7-9H2,1-3H3. The molecule has 1 aromatic carbocycles. The van der Waals surface area contributed by atoms with Crippen LogP contribution in [-0.2, 0) is 6.54 Å². The molecule has 0 saturated carbocycles. The van der Waals surface area contributed by atoms with Crippen molar-refractivity contribution in [1.29, 1.82) is 0 Å². The Morgan fingerprint density at radius 2 is 1.94 bits per heavy atom. The summed E-state index contributed by atoms with van der Waals surface area (Å²) in [5, 5.41) is 6.59. The minimum Gasteiger partial charge on any atom is -0.311 e. The van der Waals surface area contributed by atoms with Crippen LogP contribution in [0.4, 0.5) is 4.39 Å². The van der Waals surface area contributed by atoms with Crippen molar-refractivity contribution in [3.8, 4) is 0 Å². The van der Waals surface area contributed by atoms with Crippen molar-refractivity contribution in [2.45, 2.75) is 32.9 Å². The zero-order valence-corrected chi connectivity index (χ0v) is 12.2. The van der Waals surface area contributed by atoms with E-state index in [-0.39, 0.29) is 11.4 Å². The summed E-state index contributed by atoms with van der Waals surface area (Å²) in [7, 11) is 0. The molecule has 0 bridgehead atoms. The highest BCUT2D eigenvalue weighted by atomic mass is 79.9. The highest BCUT2D eigenvalue weighted by Crippen LogP contribution is 2.18. The van der Waals surface area contributed by atoms with Gasteiger partial charge in [0.05, 0.1) is 4.47 Å². The van der Waals surface area contributed by atoms with Crippen molar-refractivity contribution >= 4 is 15.9 Å². The molecular formula is C13H20BrFN2. The fraction of sp³-hybridized carbons (Fsp3) is 0.538. The molecule has 0 spiro atoms. The Kier molecular flexibility index (Phi) is 5.56. The fourth-order valence-corrected chi connectivity index (χ4v) is 1.84. The SMILES string of the molecule is CC(C)(C)NCCNCc1cccc(Br)c1F. The van der Waals surface area contributed by atoms with E-state index in [4.69, 9.17) is 0 Å². The van der Waals surface area contributed by atoms with E-state index in [0.717, 1.165) is 13.1 Å². The molecule has 96 valence electrons. The van der Waals surface area contributed by atoms with Gasteiger partial charge < -0.3 is 10.6 Å². The maximum atomic E-state index is 13.6. The van der Waals surface area contributed by atoms with Crippen molar-refractivity contribution in [2.75, 3.05) is 13.1 Å². The zero-order chi connectivity index (χ0) is 12.9. The number of rotatable bonds is 5. The minimum atomic E-state index is -0.177. The highest BCUT2D eigenvalue weighted by Gasteiger charge is 2.08. The van der Waals surface area contributed by atoms with Gasteiger partial charge in [-0.25, -0.2) is 4.39 Å². The molecule has 0 fully saturated rings. The van der Waals surface area contributed by atoms with E-state index < -0.39 is 0 Å². The van der Waals surface area contributed by atoms with Crippen LogP contribution in [0.15, 0.2) is 22.7 Å². The molecular weight excluding hydrogens is 283 g/mol. The lowest BCUT2D eigenvalue weighted by atomic mass is 10.1. The second-order valence-corrected chi connectivity index (χ2v) is 5.92. The van der Waals surface area contributed by atoms with Crippen molar-refractivity contribution in [3.05, 3.63) is 34.1 Å². The molecule has 2 nitrogen and oxygen atoms in total. The molecule has 0 amide bonds. The van der Waals surface area contributed by atoms with Crippen LogP contribution in [0, 0.1) is 5.82 Å². The van der Waals surface area contributed by atoms with Crippen molar-refractivity contribution in [1.82, 2.24) is 10.6 Å². The first kappa shape index (κ1) is 14.6. The van der Waals surface area contributed by atoms with Gasteiger partial charge in [-0.1, -0.05) is 12.1 Å². The summed E-state index contributed by atoms with van der Waals surface area (Å²) in [4.78, 5) is 0. The lowest BCUT2D eigenvalue weighted by Gasteiger charge is -2.20. The predicted molar refractivity (Wildman–Crippen MR) is 73.6 cm³/mol. The first-order valence-electron chi connectivity index (χ1n) is 5.79. The minimum absolute atomic E-state index is 0.128. The van der Waals surface area contributed by atoms with E-state index in [0.29, 0.717) is 16.6 Å². The van der Waals surface area contributed by atoms with Crippen LogP contribution in [0.25, 0.3) is 0 Å². The third-order valence-corrected chi connectivity index (χ3v) is 2.92. The van der Waals surface area contributed by atoms with E-state index in [2.05, 4.69) is 47.3 Å². The van der Waals surface area contributed by atoms with Gasteiger partial charge in [0, 0.05) is 30.7 Å². The van der Waals surface area contributed by atoms with Crippen LogP contribution >= 0.6 is 15.9 Å². The molecule has 17 heavy (non-hydrogen) atoms. The number of halogens is 2. The van der Waals surface area contributed by atoms with Crippen LogP contribution < -0.4 is 10.6 Å². The van der Waals surface area contributed by atoms with Gasteiger partial charge in [-0.2, -0.15) is 0 Å². The van der Waals surface area contributed by atoms with E-state index in [1.54, 1.807) is 12.1 Å². The number of benzene rings is 1. The maximum absolute atomic E-state index is 13.6. The van der Waals surface area contributed by atoms with Crippen LogP contribution in [0.3, 0.4) is 0 Å². The molecule has 0 saturated heterocycles. The molecule has 1 aromatic rings. The first-order chi connectivity index (χ1) is 7.90. The van der Waals surface area contributed by atoms with E-state index in [9.17, 15) is 4.39 Å². The van der Waals surface area contributed by atoms with Gasteiger partial charge in [-0.15, -0.1) is 0 Å². The summed E-state index contributed by atoms with van der Waals surface area (Å²) in [6.07, 6.45) is 0. The third-order valence-electron chi connectivity index (χ3n) is 2.30. The van der Waals surface area contributed by atoms with Crippen molar-refractivity contribution < 1.29 is 4.39 Å². The number of nitrogens with one attached hydrogen (secondary N) is 2. The topological polar surface area (TPSA) is 24.1 Å². The van der Waals surface area contributed by atoms with Crippen LogP contribution in [0.1, 0.15) is 26.3 Å². The predicted octanol–water partition coefficient (Wildman–Crippen LogP) is 3.07. The Morgan fingerprint density at radius 3 is 2.59 bits per heavy atom. The van der Waals surface area contributed by atoms with Gasteiger partial charge in [0.1, 0.15) is 5.82 Å². The molecule has 0 radical (unpaired) electrons. The Labute approximate surface area is 111 Å². The van der Waals surface area contributed by atoms with E-state index >= 15 is 0 Å². The van der Waals surface area contributed by atoms with Gasteiger partial charge in [0.25, 0.3) is 0 Å². The summed E-state index contributed by atoms with van der Waals surface area (Å²) in [5.41, 5.74) is 0.818. The lowest BCUT2D eigenvalue weighted by molar-refractivity contribution is 0.420. The normalized spacial score (nSPS) is 11.8. The average Bonchev–Trinajstić information content (AvgIpc) is 2.22. The third kappa shape index (κ3) is 5.61. The van der Waals surface area contributed by atoms with Crippen LogP contribution in [0.2, 0.25) is 0 Å². The molecule has 0 aliphatic heterocycles. The summed E-state index contributed by atoms with van der Waals surface area (Å²) < 4.78 is 14.1. The van der Waals surface area contributed by atoms with Crippen molar-refractivity contribution in [3.63, 3.8) is 0 Å². The van der Waals surface area contributed by atoms with Crippen LogP contribution in [0.5, 0.6) is 0 Å². The highest BCUT2D eigenvalue weighted by molar-refractivity contribution is 9.10. The van der Waals surface area contributed by atoms with E-state index in [1.807, 2.05) is 6.07 Å². The van der Waals surface area contributed by atoms with E-state index in [1.165, 1.54) is 0 Å². The molecule has 0 aromatic heterocycles. The van der Waals surface area contributed by atoms with Gasteiger partial charge in [0.15, 0.2) is 0 Å². The smallest absolute Gasteiger partial charge is 0.141 e. The maximum Gasteiger partial charge on any atom is 0.141 e. The molecule has 0 aliphatic carbocycles. The Morgan fingerprint density at radius 1 is 1.24 bits per heavy atom. The molecule has 0 aliphatic rings. The summed E-state index contributed by atoms with van der Waals surface area (Å²) in [5.74, 6) is -0.177. The second-order valence-electron chi connectivity index (χ2n) is 5.07.